The number of hydrogen-bond donors (Lipinski definition) is 7. The maximum absolute atomic E-state index is 12.9. The van der Waals surface area contributed by atoms with Crippen LogP contribution in [-0.4, -0.2) is 121 Å². The van der Waals surface area contributed by atoms with Gasteiger partial charge >= 0.3 is 0 Å². The Morgan fingerprint density at radius 3 is 1.50 bits per heavy atom. The lowest BCUT2D eigenvalue weighted by atomic mass is 10.2. The lowest BCUT2D eigenvalue weighted by molar-refractivity contribution is -0.136. The molecule has 0 saturated carbocycles. The number of alkyl halides is 2. The largest absolute Gasteiger partial charge is 0.383 e. The van der Waals surface area contributed by atoms with Crippen LogP contribution in [0.4, 0.5) is 0 Å². The number of hydrogen-bond acceptors (Lipinski definition) is 9. The molecule has 15 heteroatoms. The van der Waals surface area contributed by atoms with Crippen molar-refractivity contribution < 1.29 is 34.1 Å². The van der Waals surface area contributed by atoms with E-state index in [4.69, 9.17) is 4.74 Å². The van der Waals surface area contributed by atoms with E-state index in [0.717, 1.165) is 51.4 Å². The lowest BCUT2D eigenvalue weighted by Crippen LogP contribution is -2.49. The highest BCUT2D eigenvalue weighted by molar-refractivity contribution is 9.09. The Hall–Kier alpha value is -1.36. The van der Waals surface area contributed by atoms with Gasteiger partial charge in [-0.1, -0.05) is 57.5 Å². The molecule has 2 unspecified atom stereocenters. The molecular weight excluding hydrogens is 680 g/mol. The van der Waals surface area contributed by atoms with Crippen molar-refractivity contribution in [3.05, 3.63) is 0 Å². The van der Waals surface area contributed by atoms with Gasteiger partial charge in [-0.3, -0.25) is 29.8 Å². The molecule has 0 aliphatic carbocycles. The Labute approximate surface area is 267 Å². The second kappa shape index (κ2) is 28.4. The van der Waals surface area contributed by atoms with Crippen LogP contribution in [0.25, 0.3) is 0 Å². The molecule has 0 aliphatic rings. The summed E-state index contributed by atoms with van der Waals surface area (Å²) in [7, 11) is 1.54. The van der Waals surface area contributed by atoms with E-state index in [-0.39, 0.29) is 49.6 Å². The minimum atomic E-state index is -0.986. The van der Waals surface area contributed by atoms with Gasteiger partial charge in [0.25, 0.3) is 0 Å². The molecule has 42 heavy (non-hydrogen) atoms. The molecule has 0 saturated heterocycles. The summed E-state index contributed by atoms with van der Waals surface area (Å²) in [6, 6.07) is 0. The lowest BCUT2D eigenvalue weighted by Gasteiger charge is -2.28. The first kappa shape index (κ1) is 40.6. The third-order valence-electron chi connectivity index (χ3n) is 6.19. The fraction of sp³-hybridized carbons (Fsp3) is 0.852. The smallest absolute Gasteiger partial charge is 0.230 e. The molecule has 0 bridgehead atoms. The minimum absolute atomic E-state index is 0.00170. The number of aliphatic hydroxyl groups excluding tert-OH is 2. The van der Waals surface area contributed by atoms with Crippen LogP contribution in [0.15, 0.2) is 0 Å². The van der Waals surface area contributed by atoms with E-state index < -0.39 is 12.5 Å². The molecule has 2 atom stereocenters. The molecule has 246 valence electrons. The van der Waals surface area contributed by atoms with Crippen LogP contribution in [0.5, 0.6) is 0 Å². The first-order valence-corrected chi connectivity index (χ1v) is 17.0. The van der Waals surface area contributed by atoms with Crippen LogP contribution >= 0.6 is 31.9 Å². The molecule has 0 rings (SSSR count). The molecule has 0 radical (unpaired) electrons. The number of nitrogens with one attached hydrogen (secondary N) is 5. The number of rotatable bonds is 28. The number of nitrogens with zero attached hydrogens (tertiary/aromatic N) is 1. The van der Waals surface area contributed by atoms with Crippen molar-refractivity contribution >= 4 is 55.5 Å². The molecule has 0 aromatic heterocycles. The van der Waals surface area contributed by atoms with Crippen LogP contribution in [0.3, 0.4) is 0 Å². The van der Waals surface area contributed by atoms with E-state index in [0.29, 0.717) is 50.0 Å². The van der Waals surface area contributed by atoms with Crippen molar-refractivity contribution in [3.8, 4) is 0 Å². The number of unbranched alkanes of at least 4 members (excludes halogenated alkanes) is 6. The van der Waals surface area contributed by atoms with Crippen molar-refractivity contribution in [3.63, 3.8) is 0 Å². The van der Waals surface area contributed by atoms with Gasteiger partial charge in [-0.25, -0.2) is 0 Å². The fourth-order valence-corrected chi connectivity index (χ4v) is 4.28. The Bertz CT molecular complexity index is 699. The van der Waals surface area contributed by atoms with E-state index in [1.807, 2.05) is 0 Å². The number of amides is 4. The molecule has 0 aliphatic heterocycles. The summed E-state index contributed by atoms with van der Waals surface area (Å²) in [5.41, 5.74) is 0. The van der Waals surface area contributed by atoms with Crippen LogP contribution in [-0.2, 0) is 23.9 Å². The number of carbonyl (C=O) groups is 4. The van der Waals surface area contributed by atoms with Gasteiger partial charge < -0.3 is 35.8 Å². The molecule has 13 nitrogen and oxygen atoms in total. The monoisotopic (exact) mass is 730 g/mol. The van der Waals surface area contributed by atoms with Crippen molar-refractivity contribution in [1.82, 2.24) is 31.5 Å². The average Bonchev–Trinajstić information content (AvgIpc) is 2.97. The summed E-state index contributed by atoms with van der Waals surface area (Å²) in [5.74, 6) is -0.670. The standard InChI is InChI=1S/C27H52Br2N6O7/c1-42-17-16-34-22(36)10-11-27(41)35(20-25(39)32-14-8-4-2-6-12-30-23(37)18-28)21-26(40)33-15-9-5-3-7-13-31-24(38)19-29/h25-26,32-33,39-40H,2-21H2,1H3,(H,30,37)(H,31,38)(H,34,36). The van der Waals surface area contributed by atoms with Gasteiger partial charge in [0.1, 0.15) is 12.5 Å². The van der Waals surface area contributed by atoms with Crippen molar-refractivity contribution in [2.24, 2.45) is 0 Å². The molecule has 0 fully saturated rings. The van der Waals surface area contributed by atoms with Crippen LogP contribution in [0, 0.1) is 0 Å². The topological polar surface area (TPSA) is 181 Å². The van der Waals surface area contributed by atoms with Gasteiger partial charge in [-0.15, -0.1) is 0 Å². The highest BCUT2D eigenvalue weighted by atomic mass is 79.9. The van der Waals surface area contributed by atoms with Gasteiger partial charge in [-0.05, 0) is 38.8 Å². The normalized spacial score (nSPS) is 12.4. The SMILES string of the molecule is COCCNC(=O)CCC(=O)N(CC(O)NCCCCCCNC(=O)CBr)CC(O)NCCCCCCNC(=O)CBr. The third-order valence-corrected chi connectivity index (χ3v) is 7.21. The molecule has 7 N–H and O–H groups in total. The summed E-state index contributed by atoms with van der Waals surface area (Å²) in [6.45, 7) is 3.06. The van der Waals surface area contributed by atoms with E-state index in [1.165, 1.54) is 12.0 Å². The maximum Gasteiger partial charge on any atom is 0.230 e. The van der Waals surface area contributed by atoms with Crippen LogP contribution in [0.1, 0.15) is 64.2 Å². The highest BCUT2D eigenvalue weighted by Crippen LogP contribution is 2.04. The summed E-state index contributed by atoms with van der Waals surface area (Å²) < 4.78 is 4.91. The Morgan fingerprint density at radius 1 is 0.643 bits per heavy atom. The van der Waals surface area contributed by atoms with Gasteiger partial charge in [-0.2, -0.15) is 0 Å². The number of aliphatic hydroxyl groups is 2. The number of ether oxygens (including phenoxy) is 1. The molecule has 0 aromatic carbocycles. The predicted molar refractivity (Wildman–Crippen MR) is 169 cm³/mol. The average molecular weight is 733 g/mol. The van der Waals surface area contributed by atoms with Gasteiger partial charge in [0, 0.05) is 39.6 Å². The minimum Gasteiger partial charge on any atom is -0.383 e. The molecular formula is C27H52Br2N6O7. The summed E-state index contributed by atoms with van der Waals surface area (Å²) >= 11 is 6.21. The van der Waals surface area contributed by atoms with Gasteiger partial charge in [0.05, 0.1) is 30.4 Å². The van der Waals surface area contributed by atoms with E-state index in [9.17, 15) is 29.4 Å². The van der Waals surface area contributed by atoms with Gasteiger partial charge in [0.2, 0.25) is 23.6 Å². The fourth-order valence-electron chi connectivity index (χ4n) is 3.88. The second-order valence-corrected chi connectivity index (χ2v) is 11.0. The zero-order valence-corrected chi connectivity index (χ0v) is 28.1. The Morgan fingerprint density at radius 2 is 1.07 bits per heavy atom. The first-order valence-electron chi connectivity index (χ1n) is 14.7. The van der Waals surface area contributed by atoms with E-state index in [1.54, 1.807) is 0 Å². The second-order valence-electron chi connectivity index (χ2n) is 9.88. The van der Waals surface area contributed by atoms with Crippen molar-refractivity contribution in [2.45, 2.75) is 76.7 Å². The van der Waals surface area contributed by atoms with Crippen LogP contribution < -0.4 is 26.6 Å². The maximum atomic E-state index is 12.9. The zero-order chi connectivity index (χ0) is 31.4. The number of carbonyl (C=O) groups excluding carboxylic acids is 4. The number of methoxy groups -OCH3 is 1. The molecule has 0 heterocycles. The summed E-state index contributed by atoms with van der Waals surface area (Å²) in [6.07, 6.45) is 5.14. The zero-order valence-electron chi connectivity index (χ0n) is 24.9. The summed E-state index contributed by atoms with van der Waals surface area (Å²) in [5, 5.41) is 35.9. The van der Waals surface area contributed by atoms with Crippen LogP contribution in [0.2, 0.25) is 0 Å². The van der Waals surface area contributed by atoms with Crippen molar-refractivity contribution in [2.75, 3.05) is 70.2 Å². The number of halogens is 2. The van der Waals surface area contributed by atoms with E-state index >= 15 is 0 Å². The van der Waals surface area contributed by atoms with E-state index in [2.05, 4.69) is 58.4 Å². The third kappa shape index (κ3) is 25.2. The van der Waals surface area contributed by atoms with Crippen molar-refractivity contribution in [1.29, 1.82) is 0 Å². The summed E-state index contributed by atoms with van der Waals surface area (Å²) in [4.78, 5) is 48.7. The Kier molecular flexibility index (Phi) is 27.5. The highest BCUT2D eigenvalue weighted by Gasteiger charge is 2.21. The molecule has 0 spiro atoms. The predicted octanol–water partition coefficient (Wildman–Crippen LogP) is 0.317. The quantitative estimate of drug-likeness (QED) is 0.0339. The Balaban J connectivity index is 4.51. The molecule has 0 aromatic rings. The first-order chi connectivity index (χ1) is 20.2. The molecule has 4 amide bonds. The van der Waals surface area contributed by atoms with Gasteiger partial charge in [0.15, 0.2) is 0 Å².